The lowest BCUT2D eigenvalue weighted by Gasteiger charge is -2.36. The number of nitrogens with zero attached hydrogens (tertiary/aromatic N) is 4. The summed E-state index contributed by atoms with van der Waals surface area (Å²) in [6.07, 6.45) is 3.71. The highest BCUT2D eigenvalue weighted by atomic mass is 16.5. The first-order chi connectivity index (χ1) is 10.6. The fraction of sp³-hybridized carbons (Fsp3) is 0.688. The average molecular weight is 304 g/mol. The summed E-state index contributed by atoms with van der Waals surface area (Å²) < 4.78 is 5.34. The summed E-state index contributed by atoms with van der Waals surface area (Å²) >= 11 is 0. The van der Waals surface area contributed by atoms with Crippen molar-refractivity contribution < 1.29 is 9.53 Å². The van der Waals surface area contributed by atoms with Crippen LogP contribution in [-0.4, -0.2) is 65.1 Å². The summed E-state index contributed by atoms with van der Waals surface area (Å²) in [7, 11) is 0. The van der Waals surface area contributed by atoms with Gasteiger partial charge >= 0.3 is 0 Å². The SMILES string of the molecule is Cc1ccnc([C@@]2(C)CCCN2C(=O)CN2CCOCC2)n1. The monoisotopic (exact) mass is 304 g/mol. The van der Waals surface area contributed by atoms with E-state index in [9.17, 15) is 4.79 Å². The molecule has 2 aliphatic rings. The Morgan fingerprint density at radius 1 is 1.36 bits per heavy atom. The topological polar surface area (TPSA) is 58.6 Å². The third kappa shape index (κ3) is 2.98. The quantitative estimate of drug-likeness (QED) is 0.832. The maximum absolute atomic E-state index is 12.8. The van der Waals surface area contributed by atoms with Gasteiger partial charge in [0.05, 0.1) is 25.3 Å². The van der Waals surface area contributed by atoms with Crippen LogP contribution in [0.5, 0.6) is 0 Å². The van der Waals surface area contributed by atoms with E-state index >= 15 is 0 Å². The number of aromatic nitrogens is 2. The maximum atomic E-state index is 12.8. The van der Waals surface area contributed by atoms with Gasteiger partial charge in [0.25, 0.3) is 0 Å². The van der Waals surface area contributed by atoms with Crippen molar-refractivity contribution in [2.45, 2.75) is 32.2 Å². The third-order valence-corrected chi connectivity index (χ3v) is 4.68. The van der Waals surface area contributed by atoms with Crippen LogP contribution in [0, 0.1) is 6.92 Å². The molecular formula is C16H24N4O2. The second-order valence-corrected chi connectivity index (χ2v) is 6.33. The van der Waals surface area contributed by atoms with Gasteiger partial charge in [0.1, 0.15) is 0 Å². The van der Waals surface area contributed by atoms with Crippen molar-refractivity contribution >= 4 is 5.91 Å². The molecule has 22 heavy (non-hydrogen) atoms. The van der Waals surface area contributed by atoms with Crippen molar-refractivity contribution in [2.75, 3.05) is 39.4 Å². The van der Waals surface area contributed by atoms with Gasteiger partial charge in [0, 0.05) is 31.5 Å². The zero-order valence-electron chi connectivity index (χ0n) is 13.4. The molecule has 2 fully saturated rings. The Morgan fingerprint density at radius 3 is 2.86 bits per heavy atom. The standard InChI is InChI=1S/C16H24N4O2/c1-13-4-6-17-15(18-13)16(2)5-3-7-20(16)14(21)12-19-8-10-22-11-9-19/h4,6H,3,5,7-12H2,1-2H3/t16-/m1/s1. The molecule has 0 saturated carbocycles. The molecule has 1 aromatic heterocycles. The molecule has 0 unspecified atom stereocenters. The van der Waals surface area contributed by atoms with Crippen LogP contribution >= 0.6 is 0 Å². The van der Waals surface area contributed by atoms with Gasteiger partial charge in [-0.2, -0.15) is 0 Å². The third-order valence-electron chi connectivity index (χ3n) is 4.68. The van der Waals surface area contributed by atoms with Gasteiger partial charge < -0.3 is 9.64 Å². The van der Waals surface area contributed by atoms with Crippen molar-refractivity contribution in [2.24, 2.45) is 0 Å². The van der Waals surface area contributed by atoms with Crippen LogP contribution in [0.25, 0.3) is 0 Å². The summed E-state index contributed by atoms with van der Waals surface area (Å²) in [6.45, 7) is 8.39. The molecule has 6 heteroatoms. The minimum atomic E-state index is -0.380. The number of carbonyl (C=O) groups excluding carboxylic acids is 1. The number of likely N-dealkylation sites (tertiary alicyclic amines) is 1. The van der Waals surface area contributed by atoms with E-state index in [0.29, 0.717) is 19.8 Å². The molecule has 0 aliphatic carbocycles. The Balaban J connectivity index is 1.75. The van der Waals surface area contributed by atoms with E-state index in [2.05, 4.69) is 21.8 Å². The van der Waals surface area contributed by atoms with E-state index in [1.807, 2.05) is 17.9 Å². The fourth-order valence-electron chi connectivity index (χ4n) is 3.34. The molecule has 1 atom stereocenters. The Labute approximate surface area is 131 Å². The van der Waals surface area contributed by atoms with Crippen LogP contribution in [0.2, 0.25) is 0 Å². The summed E-state index contributed by atoms with van der Waals surface area (Å²) in [5.74, 6) is 0.937. The minimum absolute atomic E-state index is 0.173. The van der Waals surface area contributed by atoms with E-state index in [1.165, 1.54) is 0 Å². The largest absolute Gasteiger partial charge is 0.379 e. The summed E-state index contributed by atoms with van der Waals surface area (Å²) in [6, 6.07) is 1.89. The molecule has 0 aromatic carbocycles. The smallest absolute Gasteiger partial charge is 0.237 e. The van der Waals surface area contributed by atoms with Crippen molar-refractivity contribution in [3.8, 4) is 0 Å². The van der Waals surface area contributed by atoms with Gasteiger partial charge in [-0.05, 0) is 32.8 Å². The van der Waals surface area contributed by atoms with Gasteiger partial charge in [-0.15, -0.1) is 0 Å². The lowest BCUT2D eigenvalue weighted by molar-refractivity contribution is -0.137. The fourth-order valence-corrected chi connectivity index (χ4v) is 3.34. The molecule has 6 nitrogen and oxygen atoms in total. The highest BCUT2D eigenvalue weighted by Crippen LogP contribution is 2.36. The highest BCUT2D eigenvalue weighted by molar-refractivity contribution is 5.79. The average Bonchev–Trinajstić information content (AvgIpc) is 2.92. The van der Waals surface area contributed by atoms with Crippen LogP contribution in [0.3, 0.4) is 0 Å². The van der Waals surface area contributed by atoms with E-state index in [0.717, 1.165) is 44.0 Å². The molecule has 3 heterocycles. The van der Waals surface area contributed by atoms with E-state index in [-0.39, 0.29) is 11.4 Å². The number of ether oxygens (including phenoxy) is 1. The van der Waals surface area contributed by atoms with Gasteiger partial charge in [-0.25, -0.2) is 9.97 Å². The maximum Gasteiger partial charge on any atom is 0.237 e. The molecule has 0 radical (unpaired) electrons. The lowest BCUT2D eigenvalue weighted by Crippen LogP contribution is -2.50. The van der Waals surface area contributed by atoms with Crippen LogP contribution in [0.4, 0.5) is 0 Å². The molecular weight excluding hydrogens is 280 g/mol. The van der Waals surface area contributed by atoms with Crippen LogP contribution in [0.15, 0.2) is 12.3 Å². The summed E-state index contributed by atoms with van der Waals surface area (Å²) in [4.78, 5) is 25.9. The summed E-state index contributed by atoms with van der Waals surface area (Å²) in [5.41, 5.74) is 0.564. The van der Waals surface area contributed by atoms with Crippen molar-refractivity contribution in [3.05, 3.63) is 23.8 Å². The van der Waals surface area contributed by atoms with Crippen molar-refractivity contribution in [1.29, 1.82) is 0 Å². The normalized spacial score (nSPS) is 26.4. The second-order valence-electron chi connectivity index (χ2n) is 6.33. The predicted octanol–water partition coefficient (Wildman–Crippen LogP) is 0.955. The molecule has 0 bridgehead atoms. The van der Waals surface area contributed by atoms with Crippen LogP contribution < -0.4 is 0 Å². The zero-order valence-corrected chi connectivity index (χ0v) is 13.4. The van der Waals surface area contributed by atoms with Gasteiger partial charge in [0.2, 0.25) is 5.91 Å². The Kier molecular flexibility index (Phi) is 4.40. The number of hydrogen-bond acceptors (Lipinski definition) is 5. The second kappa shape index (κ2) is 6.30. The Bertz CT molecular complexity index is 545. The molecule has 2 aliphatic heterocycles. The van der Waals surface area contributed by atoms with Gasteiger partial charge in [-0.1, -0.05) is 0 Å². The molecule has 1 amide bonds. The van der Waals surface area contributed by atoms with E-state index in [4.69, 9.17) is 4.74 Å². The number of carbonyl (C=O) groups is 1. The predicted molar refractivity (Wildman–Crippen MR) is 82.3 cm³/mol. The lowest BCUT2D eigenvalue weighted by atomic mass is 9.97. The molecule has 1 aromatic rings. The molecule has 3 rings (SSSR count). The number of amides is 1. The van der Waals surface area contributed by atoms with Crippen LogP contribution in [-0.2, 0) is 15.1 Å². The molecule has 2 saturated heterocycles. The molecule has 0 spiro atoms. The minimum Gasteiger partial charge on any atom is -0.379 e. The van der Waals surface area contributed by atoms with Gasteiger partial charge in [-0.3, -0.25) is 9.69 Å². The summed E-state index contributed by atoms with van der Waals surface area (Å²) in [5, 5.41) is 0. The highest BCUT2D eigenvalue weighted by Gasteiger charge is 2.43. The number of aryl methyl sites for hydroxylation is 1. The number of rotatable bonds is 3. The van der Waals surface area contributed by atoms with E-state index < -0.39 is 0 Å². The zero-order chi connectivity index (χ0) is 15.6. The molecule has 120 valence electrons. The Hall–Kier alpha value is -1.53. The Morgan fingerprint density at radius 2 is 2.14 bits per heavy atom. The number of hydrogen-bond donors (Lipinski definition) is 0. The van der Waals surface area contributed by atoms with Crippen molar-refractivity contribution in [3.63, 3.8) is 0 Å². The van der Waals surface area contributed by atoms with E-state index in [1.54, 1.807) is 6.20 Å². The molecule has 0 N–H and O–H groups in total. The van der Waals surface area contributed by atoms with Crippen molar-refractivity contribution in [1.82, 2.24) is 19.8 Å². The van der Waals surface area contributed by atoms with Crippen LogP contribution in [0.1, 0.15) is 31.3 Å². The first-order valence-electron chi connectivity index (χ1n) is 8.00. The number of morpholine rings is 1. The first-order valence-corrected chi connectivity index (χ1v) is 8.00. The van der Waals surface area contributed by atoms with Gasteiger partial charge in [0.15, 0.2) is 5.82 Å². The first kappa shape index (κ1) is 15.4.